The highest BCUT2D eigenvalue weighted by Gasteiger charge is 2.14. The van der Waals surface area contributed by atoms with Gasteiger partial charge in [0, 0.05) is 29.7 Å². The van der Waals surface area contributed by atoms with Gasteiger partial charge in [0.15, 0.2) is 10.7 Å². The lowest BCUT2D eigenvalue weighted by molar-refractivity contribution is 0.457. The molecule has 5 heteroatoms. The molecule has 0 unspecified atom stereocenters. The van der Waals surface area contributed by atoms with Crippen LogP contribution in [-0.2, 0) is 0 Å². The van der Waals surface area contributed by atoms with E-state index in [1.807, 2.05) is 19.1 Å². The SMILES string of the molecule is Cc1ccncc1-c1ccnc2c(Cl)noc12. The lowest BCUT2D eigenvalue weighted by atomic mass is 10.0. The largest absolute Gasteiger partial charge is 0.352 e. The molecule has 3 aromatic rings. The van der Waals surface area contributed by atoms with Crippen LogP contribution in [0.5, 0.6) is 0 Å². The number of hydrogen-bond acceptors (Lipinski definition) is 4. The van der Waals surface area contributed by atoms with Crippen molar-refractivity contribution < 1.29 is 4.52 Å². The number of pyridine rings is 2. The fourth-order valence-electron chi connectivity index (χ4n) is 1.77. The fourth-order valence-corrected chi connectivity index (χ4v) is 1.94. The van der Waals surface area contributed by atoms with Crippen molar-refractivity contribution in [2.75, 3.05) is 0 Å². The van der Waals surface area contributed by atoms with Gasteiger partial charge in [0.05, 0.1) is 0 Å². The molecule has 0 saturated heterocycles. The van der Waals surface area contributed by atoms with E-state index in [1.54, 1.807) is 18.6 Å². The van der Waals surface area contributed by atoms with E-state index in [1.165, 1.54) is 0 Å². The Morgan fingerprint density at radius 1 is 1.18 bits per heavy atom. The summed E-state index contributed by atoms with van der Waals surface area (Å²) in [7, 11) is 0. The Hall–Kier alpha value is -1.94. The molecule has 84 valence electrons. The monoisotopic (exact) mass is 245 g/mol. The molecule has 0 spiro atoms. The maximum atomic E-state index is 5.89. The third-order valence-electron chi connectivity index (χ3n) is 2.65. The average Bonchev–Trinajstić information content (AvgIpc) is 2.72. The van der Waals surface area contributed by atoms with Crippen LogP contribution in [0, 0.1) is 6.92 Å². The van der Waals surface area contributed by atoms with Crippen LogP contribution < -0.4 is 0 Å². The molecular formula is C12H8ClN3O. The minimum Gasteiger partial charge on any atom is -0.352 e. The molecule has 3 aromatic heterocycles. The first-order valence-electron chi connectivity index (χ1n) is 5.08. The second kappa shape index (κ2) is 3.82. The van der Waals surface area contributed by atoms with Gasteiger partial charge in [-0.15, -0.1) is 0 Å². The second-order valence-corrected chi connectivity index (χ2v) is 4.06. The van der Waals surface area contributed by atoms with E-state index in [-0.39, 0.29) is 5.15 Å². The Morgan fingerprint density at radius 2 is 2.06 bits per heavy atom. The molecule has 0 aromatic carbocycles. The highest BCUT2D eigenvalue weighted by Crippen LogP contribution is 2.31. The molecule has 0 saturated carbocycles. The molecule has 0 aliphatic carbocycles. The minimum absolute atomic E-state index is 0.281. The van der Waals surface area contributed by atoms with E-state index >= 15 is 0 Å². The first-order chi connectivity index (χ1) is 8.27. The second-order valence-electron chi connectivity index (χ2n) is 3.70. The van der Waals surface area contributed by atoms with Crippen LogP contribution >= 0.6 is 11.6 Å². The summed E-state index contributed by atoms with van der Waals surface area (Å²) >= 11 is 5.89. The molecule has 0 aliphatic heterocycles. The molecule has 0 aliphatic rings. The highest BCUT2D eigenvalue weighted by atomic mass is 35.5. The molecule has 4 nitrogen and oxygen atoms in total. The van der Waals surface area contributed by atoms with E-state index in [0.717, 1.165) is 16.7 Å². The maximum absolute atomic E-state index is 5.89. The zero-order valence-corrected chi connectivity index (χ0v) is 9.77. The number of rotatable bonds is 1. The first-order valence-corrected chi connectivity index (χ1v) is 5.46. The van der Waals surface area contributed by atoms with Gasteiger partial charge in [-0.2, -0.15) is 0 Å². The first kappa shape index (κ1) is 10.2. The summed E-state index contributed by atoms with van der Waals surface area (Å²) in [6.07, 6.45) is 5.23. The van der Waals surface area contributed by atoms with E-state index in [0.29, 0.717) is 11.1 Å². The molecule has 0 radical (unpaired) electrons. The highest BCUT2D eigenvalue weighted by molar-refractivity contribution is 6.33. The Morgan fingerprint density at radius 3 is 2.88 bits per heavy atom. The predicted molar refractivity (Wildman–Crippen MR) is 64.8 cm³/mol. The van der Waals surface area contributed by atoms with Gasteiger partial charge >= 0.3 is 0 Å². The standard InChI is InChI=1S/C12H8ClN3O/c1-7-2-4-14-6-9(7)8-3-5-15-10-11(8)17-16-12(10)13/h2-6H,1H3. The van der Waals surface area contributed by atoms with Gasteiger partial charge in [0.25, 0.3) is 0 Å². The molecule has 0 fully saturated rings. The molecule has 0 amide bonds. The molecule has 3 rings (SSSR count). The van der Waals surface area contributed by atoms with Crippen LogP contribution in [0.25, 0.3) is 22.2 Å². The summed E-state index contributed by atoms with van der Waals surface area (Å²) in [6, 6.07) is 3.81. The Labute approximate surface area is 102 Å². The van der Waals surface area contributed by atoms with Crippen LogP contribution in [0.4, 0.5) is 0 Å². The van der Waals surface area contributed by atoms with Crippen LogP contribution in [0.1, 0.15) is 5.56 Å². The number of halogens is 1. The molecule has 0 bridgehead atoms. The molecule has 3 heterocycles. The van der Waals surface area contributed by atoms with Gasteiger partial charge in [-0.05, 0) is 24.6 Å². The zero-order valence-electron chi connectivity index (χ0n) is 9.01. The van der Waals surface area contributed by atoms with Crippen molar-refractivity contribution >= 4 is 22.7 Å². The number of aromatic nitrogens is 3. The third-order valence-corrected chi connectivity index (χ3v) is 2.89. The summed E-state index contributed by atoms with van der Waals surface area (Å²) < 4.78 is 5.22. The normalized spacial score (nSPS) is 10.9. The van der Waals surface area contributed by atoms with E-state index in [4.69, 9.17) is 16.1 Å². The van der Waals surface area contributed by atoms with E-state index in [9.17, 15) is 0 Å². The lowest BCUT2D eigenvalue weighted by Gasteiger charge is -2.04. The van der Waals surface area contributed by atoms with E-state index < -0.39 is 0 Å². The minimum atomic E-state index is 0.281. The van der Waals surface area contributed by atoms with Gasteiger partial charge in [-0.3, -0.25) is 4.98 Å². The smallest absolute Gasteiger partial charge is 0.198 e. The van der Waals surface area contributed by atoms with Gasteiger partial charge in [-0.1, -0.05) is 16.8 Å². The number of fused-ring (bicyclic) bond motifs is 1. The van der Waals surface area contributed by atoms with Crippen molar-refractivity contribution in [2.24, 2.45) is 0 Å². The average molecular weight is 246 g/mol. The van der Waals surface area contributed by atoms with E-state index in [2.05, 4.69) is 15.1 Å². The zero-order chi connectivity index (χ0) is 11.8. The van der Waals surface area contributed by atoms with Crippen LogP contribution in [0.15, 0.2) is 35.2 Å². The Bertz CT molecular complexity index is 693. The van der Waals surface area contributed by atoms with Crippen LogP contribution in [-0.4, -0.2) is 15.1 Å². The van der Waals surface area contributed by atoms with Crippen molar-refractivity contribution in [3.63, 3.8) is 0 Å². The topological polar surface area (TPSA) is 51.8 Å². The van der Waals surface area contributed by atoms with Crippen molar-refractivity contribution in [2.45, 2.75) is 6.92 Å². The van der Waals surface area contributed by atoms with Crippen LogP contribution in [0.3, 0.4) is 0 Å². The summed E-state index contributed by atoms with van der Waals surface area (Å²) in [6.45, 7) is 2.02. The lowest BCUT2D eigenvalue weighted by Crippen LogP contribution is -1.86. The maximum Gasteiger partial charge on any atom is 0.198 e. The Kier molecular flexibility index (Phi) is 2.30. The summed E-state index contributed by atoms with van der Waals surface area (Å²) in [5.41, 5.74) is 4.17. The third kappa shape index (κ3) is 1.57. The van der Waals surface area contributed by atoms with Crippen molar-refractivity contribution in [1.82, 2.24) is 15.1 Å². The predicted octanol–water partition coefficient (Wildman–Crippen LogP) is 3.25. The summed E-state index contributed by atoms with van der Waals surface area (Å²) in [4.78, 5) is 8.27. The van der Waals surface area contributed by atoms with Crippen molar-refractivity contribution in [1.29, 1.82) is 0 Å². The number of aryl methyl sites for hydroxylation is 1. The van der Waals surface area contributed by atoms with Crippen molar-refractivity contribution in [3.8, 4) is 11.1 Å². The molecule has 0 N–H and O–H groups in total. The number of nitrogens with zero attached hydrogens (tertiary/aromatic N) is 3. The quantitative estimate of drug-likeness (QED) is 0.660. The van der Waals surface area contributed by atoms with Gasteiger partial charge in [-0.25, -0.2) is 4.98 Å². The summed E-state index contributed by atoms with van der Waals surface area (Å²) in [5, 5.41) is 4.00. The summed E-state index contributed by atoms with van der Waals surface area (Å²) in [5.74, 6) is 0. The van der Waals surface area contributed by atoms with Gasteiger partial charge in [0.2, 0.25) is 0 Å². The van der Waals surface area contributed by atoms with Gasteiger partial charge < -0.3 is 4.52 Å². The molecule has 0 atom stereocenters. The number of hydrogen-bond donors (Lipinski definition) is 0. The Balaban J connectivity index is 2.35. The fraction of sp³-hybridized carbons (Fsp3) is 0.0833. The molecule has 17 heavy (non-hydrogen) atoms. The van der Waals surface area contributed by atoms with Crippen molar-refractivity contribution in [3.05, 3.63) is 41.4 Å². The van der Waals surface area contributed by atoms with Crippen LogP contribution in [0.2, 0.25) is 5.15 Å². The van der Waals surface area contributed by atoms with Gasteiger partial charge in [0.1, 0.15) is 5.52 Å². The molecular weight excluding hydrogens is 238 g/mol.